The summed E-state index contributed by atoms with van der Waals surface area (Å²) < 4.78 is 14.2. The van der Waals surface area contributed by atoms with Crippen LogP contribution in [0.3, 0.4) is 0 Å². The molecule has 3 aliphatic rings. The lowest BCUT2D eigenvalue weighted by Gasteiger charge is -2.35. The Morgan fingerprint density at radius 3 is 2.80 bits per heavy atom. The van der Waals surface area contributed by atoms with Gasteiger partial charge in [-0.15, -0.1) is 11.3 Å². The van der Waals surface area contributed by atoms with Crippen LogP contribution in [-0.4, -0.2) is 69.7 Å². The highest BCUT2D eigenvalue weighted by Crippen LogP contribution is 2.42. The Kier molecular flexibility index (Phi) is 9.77. The Labute approximate surface area is 303 Å². The molecule has 0 spiro atoms. The summed E-state index contributed by atoms with van der Waals surface area (Å²) in [4.78, 5) is 50.5. The molecule has 1 aromatic carbocycles. The first-order valence-corrected chi connectivity index (χ1v) is 19.0. The highest BCUT2D eigenvalue weighted by Gasteiger charge is 2.42. The van der Waals surface area contributed by atoms with E-state index in [4.69, 9.17) is 19.4 Å². The molecule has 12 heteroatoms. The van der Waals surface area contributed by atoms with Crippen LogP contribution >= 0.6 is 11.3 Å². The van der Waals surface area contributed by atoms with Crippen molar-refractivity contribution in [2.24, 2.45) is 17.3 Å². The Morgan fingerprint density at radius 1 is 1.25 bits per heavy atom. The molecule has 2 N–H and O–H groups in total. The van der Waals surface area contributed by atoms with Gasteiger partial charge in [0.05, 0.1) is 34.8 Å². The quantitative estimate of drug-likeness (QED) is 0.238. The van der Waals surface area contributed by atoms with Crippen molar-refractivity contribution in [3.05, 3.63) is 58.2 Å². The van der Waals surface area contributed by atoms with Crippen molar-refractivity contribution in [1.29, 1.82) is 0 Å². The van der Waals surface area contributed by atoms with Gasteiger partial charge in [-0.2, -0.15) is 0 Å². The van der Waals surface area contributed by atoms with Gasteiger partial charge in [0.15, 0.2) is 0 Å². The van der Waals surface area contributed by atoms with Crippen LogP contribution in [0.15, 0.2) is 41.9 Å². The second-order valence-corrected chi connectivity index (χ2v) is 16.0. The minimum absolute atomic E-state index is 0.0835. The number of carbonyl (C=O) groups is 3. The predicted molar refractivity (Wildman–Crippen MR) is 197 cm³/mol. The van der Waals surface area contributed by atoms with E-state index in [1.807, 2.05) is 25.3 Å². The van der Waals surface area contributed by atoms with Crippen LogP contribution in [-0.2, 0) is 43.2 Å². The van der Waals surface area contributed by atoms with Crippen LogP contribution in [0.25, 0.3) is 33.4 Å². The summed E-state index contributed by atoms with van der Waals surface area (Å²) in [7, 11) is 1.70. The number of carbonyl (C=O) groups excluding carboxylic acids is 3. The number of nitrogens with one attached hydrogen (secondary N) is 2. The van der Waals surface area contributed by atoms with Gasteiger partial charge in [0.2, 0.25) is 5.91 Å². The molecule has 1 aliphatic carbocycles. The number of hydrogen-bond acceptors (Lipinski definition) is 9. The number of benzene rings is 1. The molecule has 1 saturated heterocycles. The lowest BCUT2D eigenvalue weighted by molar-refractivity contribution is -0.155. The fourth-order valence-electron chi connectivity index (χ4n) is 7.53. The number of hydrazine groups is 1. The van der Waals surface area contributed by atoms with Crippen LogP contribution < -0.4 is 10.7 Å². The maximum atomic E-state index is 14.0. The van der Waals surface area contributed by atoms with Gasteiger partial charge in [-0.25, -0.2) is 10.4 Å². The smallest absolute Gasteiger partial charge is 0.324 e. The maximum Gasteiger partial charge on any atom is 0.324 e. The van der Waals surface area contributed by atoms with Crippen molar-refractivity contribution in [2.75, 3.05) is 20.3 Å². The second kappa shape index (κ2) is 14.1. The second-order valence-electron chi connectivity index (χ2n) is 15.1. The Balaban J connectivity index is 1.36. The summed E-state index contributed by atoms with van der Waals surface area (Å²) in [6.07, 6.45) is 4.47. The zero-order valence-corrected chi connectivity index (χ0v) is 31.1. The fraction of sp³-hybridized carbons (Fsp3) is 0.513. The number of fused-ring (bicyclic) bond motifs is 6. The molecular formula is C39H48N6O5S. The summed E-state index contributed by atoms with van der Waals surface area (Å²) in [6, 6.07) is 9.06. The Morgan fingerprint density at radius 2 is 2.06 bits per heavy atom. The first-order chi connectivity index (χ1) is 24.5. The zero-order valence-electron chi connectivity index (χ0n) is 30.3. The lowest BCUT2D eigenvalue weighted by Crippen LogP contribution is -2.60. The maximum absolute atomic E-state index is 14.0. The third kappa shape index (κ3) is 7.05. The molecule has 6 bridgehead atoms. The number of thiazole rings is 1. The van der Waals surface area contributed by atoms with Gasteiger partial charge in [0.25, 0.3) is 5.91 Å². The minimum atomic E-state index is -0.817. The summed E-state index contributed by atoms with van der Waals surface area (Å²) >= 11 is 1.49. The van der Waals surface area contributed by atoms with Crippen LogP contribution in [0.2, 0.25) is 0 Å². The van der Waals surface area contributed by atoms with Gasteiger partial charge in [0, 0.05) is 71.6 Å². The molecule has 1 saturated carbocycles. The first kappa shape index (κ1) is 35.3. The Hall–Kier alpha value is -4.13. The first-order valence-electron chi connectivity index (χ1n) is 18.1. The largest absolute Gasteiger partial charge is 0.464 e. The predicted octanol–water partition coefficient (Wildman–Crippen LogP) is 5.86. The van der Waals surface area contributed by atoms with Gasteiger partial charge < -0.3 is 19.4 Å². The molecule has 0 unspecified atom stereocenters. The normalized spacial score (nSPS) is 24.2. The van der Waals surface area contributed by atoms with E-state index < -0.39 is 17.5 Å². The summed E-state index contributed by atoms with van der Waals surface area (Å²) in [5.74, 6) is -0.552. The molecule has 7 rings (SSSR count). The molecule has 2 amide bonds. The van der Waals surface area contributed by atoms with Gasteiger partial charge in [-0.3, -0.25) is 24.4 Å². The summed E-state index contributed by atoms with van der Waals surface area (Å²) in [5, 5.41) is 8.41. The fourth-order valence-corrected chi connectivity index (χ4v) is 8.38. The average Bonchev–Trinajstić information content (AvgIpc) is 3.56. The highest BCUT2D eigenvalue weighted by atomic mass is 32.1. The van der Waals surface area contributed by atoms with E-state index in [1.54, 1.807) is 13.3 Å². The number of ether oxygens (including phenoxy) is 2. The van der Waals surface area contributed by atoms with Crippen molar-refractivity contribution >= 4 is 40.0 Å². The standard InChI is InChI=1S/C39H48N6O5S/c1-7-44-32-13-12-24-17-27(32)28(35(44)25-10-8-14-40-34(25)23(3)49-6)19-39(4,5)21-50-38(48)29-11-9-15-45(43-29)37(47)30(18-33-41-31(24)20-51-33)42-36(46)26-16-22(26)2/h8,10,12-14,17,20,22-23,26,29-30,43H,7,9,11,15-16,18-19,21H2,1-6H3,(H,42,46)/t22-,23+,26+,29+,30+/m1/s1. The van der Waals surface area contributed by atoms with Crippen molar-refractivity contribution in [3.63, 3.8) is 0 Å². The number of nitrogens with zero attached hydrogens (tertiary/aromatic N) is 4. The molecule has 0 radical (unpaired) electrons. The minimum Gasteiger partial charge on any atom is -0.464 e. The van der Waals surface area contributed by atoms with Crippen LogP contribution in [0, 0.1) is 17.3 Å². The van der Waals surface area contributed by atoms with Crippen molar-refractivity contribution < 1.29 is 23.9 Å². The van der Waals surface area contributed by atoms with Crippen molar-refractivity contribution in [3.8, 4) is 22.5 Å². The third-order valence-corrected chi connectivity index (χ3v) is 11.5. The van der Waals surface area contributed by atoms with Crippen LogP contribution in [0.4, 0.5) is 0 Å². The topological polar surface area (TPSA) is 128 Å². The molecule has 2 aliphatic heterocycles. The zero-order chi connectivity index (χ0) is 36.0. The van der Waals surface area contributed by atoms with Crippen LogP contribution in [0.1, 0.15) is 76.3 Å². The Bertz CT molecular complexity index is 1970. The molecule has 5 atom stereocenters. The molecule has 3 aromatic heterocycles. The number of aryl methyl sites for hydroxylation is 1. The molecule has 4 aromatic rings. The van der Waals surface area contributed by atoms with E-state index >= 15 is 0 Å². The number of aromatic nitrogens is 3. The molecule has 270 valence electrons. The average molecular weight is 713 g/mol. The monoisotopic (exact) mass is 712 g/mol. The number of esters is 1. The van der Waals surface area contributed by atoms with Gasteiger partial charge in [0.1, 0.15) is 12.1 Å². The SMILES string of the molecule is CCn1c(-c2cccnc2[C@H](C)OC)c2c3cc(ccc31)-c1csc(n1)C[C@H](NC(=O)[C@H]1C[C@H]1C)C(=O)N1CCC[C@H](N1)C(=O)OCC(C)(C)C2. The van der Waals surface area contributed by atoms with E-state index in [9.17, 15) is 14.4 Å². The molecule has 11 nitrogen and oxygen atoms in total. The number of cyclic esters (lactones) is 1. The highest BCUT2D eigenvalue weighted by molar-refractivity contribution is 7.10. The van der Waals surface area contributed by atoms with E-state index in [-0.39, 0.29) is 42.8 Å². The molecule has 5 heterocycles. The molecule has 51 heavy (non-hydrogen) atoms. The number of hydrogen-bond donors (Lipinski definition) is 2. The van der Waals surface area contributed by atoms with E-state index in [0.717, 1.165) is 62.6 Å². The summed E-state index contributed by atoms with van der Waals surface area (Å²) in [5.41, 5.74) is 9.69. The number of pyridine rings is 1. The van der Waals surface area contributed by atoms with Gasteiger partial charge in [-0.1, -0.05) is 26.8 Å². The van der Waals surface area contributed by atoms with Crippen molar-refractivity contribution in [1.82, 2.24) is 30.3 Å². The van der Waals surface area contributed by atoms with Gasteiger partial charge >= 0.3 is 5.97 Å². The molecule has 2 fully saturated rings. The van der Waals surface area contributed by atoms with Gasteiger partial charge in [-0.05, 0) is 75.3 Å². The summed E-state index contributed by atoms with van der Waals surface area (Å²) in [6.45, 7) is 11.8. The number of amides is 2. The lowest BCUT2D eigenvalue weighted by atomic mass is 9.84. The third-order valence-electron chi connectivity index (χ3n) is 10.6. The van der Waals surface area contributed by atoms with Crippen molar-refractivity contribution in [2.45, 2.75) is 91.5 Å². The number of rotatable bonds is 6. The van der Waals surface area contributed by atoms with Crippen LogP contribution in [0.5, 0.6) is 0 Å². The van der Waals surface area contributed by atoms with E-state index in [2.05, 4.69) is 60.3 Å². The number of methoxy groups -OCH3 is 1. The molecular weight excluding hydrogens is 665 g/mol. The van der Waals surface area contributed by atoms with E-state index in [0.29, 0.717) is 31.7 Å². The van der Waals surface area contributed by atoms with E-state index in [1.165, 1.54) is 16.3 Å².